The van der Waals surface area contributed by atoms with Crippen molar-refractivity contribution >= 4 is 11.9 Å². The number of carbonyl (C=O) groups excluding carboxylic acids is 1. The number of benzene rings is 1. The first kappa shape index (κ1) is 16.6. The van der Waals surface area contributed by atoms with Gasteiger partial charge in [-0.2, -0.15) is 15.0 Å². The van der Waals surface area contributed by atoms with Gasteiger partial charge in [-0.05, 0) is 31.0 Å². The van der Waals surface area contributed by atoms with Crippen LogP contribution in [0.1, 0.15) is 12.5 Å². The topological polar surface area (TPSA) is 106 Å². The van der Waals surface area contributed by atoms with Gasteiger partial charge in [0, 0.05) is 0 Å². The molecule has 0 fully saturated rings. The van der Waals surface area contributed by atoms with Crippen LogP contribution in [0.2, 0.25) is 0 Å². The molecule has 1 heterocycles. The molecule has 0 saturated carbocycles. The fourth-order valence-corrected chi connectivity index (χ4v) is 2.11. The van der Waals surface area contributed by atoms with E-state index >= 15 is 0 Å². The Hall–Kier alpha value is -2.74. The zero-order valence-corrected chi connectivity index (χ0v) is 12.7. The molecule has 1 amide bonds. The third-order valence-corrected chi connectivity index (χ3v) is 2.99. The molecule has 1 aromatic heterocycles. The summed E-state index contributed by atoms with van der Waals surface area (Å²) >= 11 is 0. The molecule has 23 heavy (non-hydrogen) atoms. The molecular formula is C15H18N4O4. The molecule has 1 atom stereocenters. The maximum Gasteiger partial charge on any atom is 0.404 e. The van der Waals surface area contributed by atoms with Gasteiger partial charge in [0.2, 0.25) is 0 Å². The minimum absolute atomic E-state index is 0.0327. The Kier molecular flexibility index (Phi) is 5.81. The Morgan fingerprint density at radius 3 is 2.74 bits per heavy atom. The Balaban J connectivity index is 2.04. The maximum absolute atomic E-state index is 10.9. The average molecular weight is 318 g/mol. The molecule has 8 nitrogen and oxygen atoms in total. The number of hydrogen-bond acceptors (Lipinski definition) is 5. The number of aromatic nitrogens is 3. The standard InChI is InChI=1S/C15H18N4O4/c1-11(20)9-23-10-13(18-15(21)22)7-12-3-2-4-14(8-12)19-16-5-6-17-19/h2-6,8,13,18H,7,9-10H2,1H3,(H,21,22)/t13-/m1/s1. The van der Waals surface area contributed by atoms with E-state index in [-0.39, 0.29) is 19.0 Å². The summed E-state index contributed by atoms with van der Waals surface area (Å²) in [7, 11) is 0. The van der Waals surface area contributed by atoms with E-state index in [0.29, 0.717) is 6.42 Å². The Labute approximate surface area is 133 Å². The van der Waals surface area contributed by atoms with Crippen LogP contribution in [0.4, 0.5) is 4.79 Å². The van der Waals surface area contributed by atoms with Crippen LogP contribution < -0.4 is 5.32 Å². The van der Waals surface area contributed by atoms with E-state index in [1.165, 1.54) is 11.7 Å². The van der Waals surface area contributed by atoms with Crippen LogP contribution in [-0.2, 0) is 16.0 Å². The second-order valence-corrected chi connectivity index (χ2v) is 5.06. The van der Waals surface area contributed by atoms with E-state index in [1.54, 1.807) is 12.4 Å². The fraction of sp³-hybridized carbons (Fsp3) is 0.333. The number of hydrogen-bond donors (Lipinski definition) is 2. The second kappa shape index (κ2) is 8.04. The molecule has 0 spiro atoms. The number of carboxylic acid groups (broad SMARTS) is 1. The molecule has 0 bridgehead atoms. The lowest BCUT2D eigenvalue weighted by molar-refractivity contribution is -0.121. The predicted molar refractivity (Wildman–Crippen MR) is 81.5 cm³/mol. The smallest absolute Gasteiger partial charge is 0.404 e. The summed E-state index contributed by atoms with van der Waals surface area (Å²) in [5.41, 5.74) is 1.69. The highest BCUT2D eigenvalue weighted by molar-refractivity contribution is 5.76. The molecule has 0 radical (unpaired) electrons. The number of nitrogens with one attached hydrogen (secondary N) is 1. The molecular weight excluding hydrogens is 300 g/mol. The van der Waals surface area contributed by atoms with Gasteiger partial charge in [-0.1, -0.05) is 12.1 Å². The number of carbonyl (C=O) groups is 2. The van der Waals surface area contributed by atoms with E-state index < -0.39 is 12.1 Å². The van der Waals surface area contributed by atoms with E-state index in [2.05, 4.69) is 15.5 Å². The molecule has 0 unspecified atom stereocenters. The van der Waals surface area contributed by atoms with Crippen molar-refractivity contribution in [2.75, 3.05) is 13.2 Å². The Bertz CT molecular complexity index is 657. The van der Waals surface area contributed by atoms with Crippen molar-refractivity contribution in [3.63, 3.8) is 0 Å². The Morgan fingerprint density at radius 2 is 2.09 bits per heavy atom. The predicted octanol–water partition coefficient (Wildman–Crippen LogP) is 1.05. The molecule has 0 aliphatic rings. The van der Waals surface area contributed by atoms with E-state index in [1.807, 2.05) is 24.3 Å². The van der Waals surface area contributed by atoms with Crippen LogP contribution in [0.25, 0.3) is 5.69 Å². The van der Waals surface area contributed by atoms with E-state index in [4.69, 9.17) is 9.84 Å². The van der Waals surface area contributed by atoms with Gasteiger partial charge in [0.15, 0.2) is 5.78 Å². The molecule has 0 aliphatic heterocycles. The molecule has 0 aliphatic carbocycles. The van der Waals surface area contributed by atoms with Gasteiger partial charge in [-0.15, -0.1) is 0 Å². The highest BCUT2D eigenvalue weighted by Gasteiger charge is 2.14. The average Bonchev–Trinajstić information content (AvgIpc) is 3.00. The zero-order chi connectivity index (χ0) is 16.7. The summed E-state index contributed by atoms with van der Waals surface area (Å²) in [5, 5.41) is 19.4. The van der Waals surface area contributed by atoms with Crippen molar-refractivity contribution in [1.82, 2.24) is 20.3 Å². The minimum Gasteiger partial charge on any atom is -0.465 e. The normalized spacial score (nSPS) is 11.9. The molecule has 2 rings (SSSR count). The summed E-state index contributed by atoms with van der Waals surface area (Å²) in [4.78, 5) is 23.3. The number of ether oxygens (including phenoxy) is 1. The third-order valence-electron chi connectivity index (χ3n) is 2.99. The molecule has 2 N–H and O–H groups in total. The van der Waals surface area contributed by atoms with Gasteiger partial charge in [0.25, 0.3) is 0 Å². The van der Waals surface area contributed by atoms with Crippen LogP contribution >= 0.6 is 0 Å². The molecule has 2 aromatic rings. The van der Waals surface area contributed by atoms with Crippen molar-refractivity contribution < 1.29 is 19.4 Å². The molecule has 0 saturated heterocycles. The fourth-order valence-electron chi connectivity index (χ4n) is 2.11. The van der Waals surface area contributed by atoms with Gasteiger partial charge in [0.1, 0.15) is 6.61 Å². The van der Waals surface area contributed by atoms with Crippen molar-refractivity contribution in [1.29, 1.82) is 0 Å². The first-order chi connectivity index (χ1) is 11.0. The quantitative estimate of drug-likeness (QED) is 0.753. The second-order valence-electron chi connectivity index (χ2n) is 5.06. The van der Waals surface area contributed by atoms with Crippen LogP contribution in [0.15, 0.2) is 36.7 Å². The SMILES string of the molecule is CC(=O)COC[C@@H](Cc1cccc(-n2nccn2)c1)NC(=O)O. The largest absolute Gasteiger partial charge is 0.465 e. The van der Waals surface area contributed by atoms with Crippen LogP contribution in [0, 0.1) is 0 Å². The van der Waals surface area contributed by atoms with Crippen molar-refractivity contribution in [3.05, 3.63) is 42.2 Å². The number of amides is 1. The summed E-state index contributed by atoms with van der Waals surface area (Å²) in [6.45, 7) is 1.51. The van der Waals surface area contributed by atoms with E-state index in [0.717, 1.165) is 11.3 Å². The van der Waals surface area contributed by atoms with Crippen molar-refractivity contribution in [2.45, 2.75) is 19.4 Å². The first-order valence-corrected chi connectivity index (χ1v) is 7.07. The lowest BCUT2D eigenvalue weighted by Gasteiger charge is -2.17. The highest BCUT2D eigenvalue weighted by atomic mass is 16.5. The summed E-state index contributed by atoms with van der Waals surface area (Å²) < 4.78 is 5.23. The van der Waals surface area contributed by atoms with Gasteiger partial charge < -0.3 is 15.2 Å². The lowest BCUT2D eigenvalue weighted by atomic mass is 10.1. The lowest BCUT2D eigenvalue weighted by Crippen LogP contribution is -2.39. The summed E-state index contributed by atoms with van der Waals surface area (Å²) in [5.74, 6) is -0.106. The first-order valence-electron chi connectivity index (χ1n) is 7.07. The number of rotatable bonds is 8. The summed E-state index contributed by atoms with van der Waals surface area (Å²) in [6.07, 6.45) is 2.46. The molecule has 122 valence electrons. The van der Waals surface area contributed by atoms with E-state index in [9.17, 15) is 9.59 Å². The van der Waals surface area contributed by atoms with Crippen molar-refractivity contribution in [3.8, 4) is 5.69 Å². The Morgan fingerprint density at radius 1 is 1.35 bits per heavy atom. The van der Waals surface area contributed by atoms with Crippen molar-refractivity contribution in [2.24, 2.45) is 0 Å². The highest BCUT2D eigenvalue weighted by Crippen LogP contribution is 2.11. The van der Waals surface area contributed by atoms with Crippen LogP contribution in [-0.4, -0.2) is 51.2 Å². The number of ketones is 1. The molecule has 1 aromatic carbocycles. The third kappa shape index (κ3) is 5.51. The number of nitrogens with zero attached hydrogens (tertiary/aromatic N) is 3. The van der Waals surface area contributed by atoms with Gasteiger partial charge in [0.05, 0.1) is 30.7 Å². The monoisotopic (exact) mass is 318 g/mol. The van der Waals surface area contributed by atoms with Crippen LogP contribution in [0.5, 0.6) is 0 Å². The van der Waals surface area contributed by atoms with Gasteiger partial charge >= 0.3 is 6.09 Å². The number of Topliss-reactive ketones (excluding diaryl/α,β-unsaturated/α-hetero) is 1. The van der Waals surface area contributed by atoms with Gasteiger partial charge in [-0.25, -0.2) is 4.79 Å². The minimum atomic E-state index is -1.13. The zero-order valence-electron chi connectivity index (χ0n) is 12.7. The summed E-state index contributed by atoms with van der Waals surface area (Å²) in [6, 6.07) is 7.01. The van der Waals surface area contributed by atoms with Crippen LogP contribution in [0.3, 0.4) is 0 Å². The van der Waals surface area contributed by atoms with Gasteiger partial charge in [-0.3, -0.25) is 4.79 Å². The molecule has 8 heteroatoms. The maximum atomic E-state index is 10.9.